The molecule has 90 valence electrons. The largest absolute Gasteiger partial charge is 0.369 e. The van der Waals surface area contributed by atoms with Crippen LogP contribution in [0.15, 0.2) is 35.4 Å². The number of fused-ring (bicyclic) bond motifs is 1. The molecule has 4 N–H and O–H groups in total. The number of nitrogen functional groups attached to an aromatic ring is 1. The summed E-state index contributed by atoms with van der Waals surface area (Å²) in [5.74, 6) is 0.120. The summed E-state index contributed by atoms with van der Waals surface area (Å²) in [7, 11) is 0. The third kappa shape index (κ3) is 1.73. The van der Waals surface area contributed by atoms with Crippen LogP contribution in [0.25, 0.3) is 11.0 Å². The standard InChI is InChI=1S/C12H11N5O/c13-12-16-9-7(5-8-3-1-2-4-14-8)6-15-10(9)11(18)17-12/h1-4,6,15H,5H2,(H3,13,16,17,18). The fraction of sp³-hybridized carbons (Fsp3) is 0.0833. The number of H-pyrrole nitrogens is 2. The predicted molar refractivity (Wildman–Crippen MR) is 68.2 cm³/mol. The molecule has 6 nitrogen and oxygen atoms in total. The second-order valence-electron chi connectivity index (χ2n) is 3.99. The van der Waals surface area contributed by atoms with Crippen LogP contribution < -0.4 is 11.3 Å². The van der Waals surface area contributed by atoms with Gasteiger partial charge < -0.3 is 10.7 Å². The summed E-state index contributed by atoms with van der Waals surface area (Å²) in [6, 6.07) is 5.71. The van der Waals surface area contributed by atoms with Crippen LogP contribution in [0, 0.1) is 0 Å². The number of rotatable bonds is 2. The maximum atomic E-state index is 11.6. The Morgan fingerprint density at radius 1 is 1.33 bits per heavy atom. The third-order valence-electron chi connectivity index (χ3n) is 2.73. The molecule has 0 aliphatic rings. The molecule has 0 amide bonds. The van der Waals surface area contributed by atoms with E-state index in [4.69, 9.17) is 5.73 Å². The van der Waals surface area contributed by atoms with Crippen LogP contribution >= 0.6 is 0 Å². The Labute approximate surface area is 102 Å². The maximum absolute atomic E-state index is 11.6. The zero-order valence-electron chi connectivity index (χ0n) is 9.47. The van der Waals surface area contributed by atoms with Gasteiger partial charge in [0.1, 0.15) is 11.0 Å². The zero-order chi connectivity index (χ0) is 12.5. The highest BCUT2D eigenvalue weighted by atomic mass is 16.1. The van der Waals surface area contributed by atoms with Crippen LogP contribution in [0.1, 0.15) is 11.3 Å². The fourth-order valence-corrected chi connectivity index (χ4v) is 1.92. The van der Waals surface area contributed by atoms with Crippen LogP contribution in [0.5, 0.6) is 0 Å². The molecule has 3 heterocycles. The van der Waals surface area contributed by atoms with Crippen molar-refractivity contribution < 1.29 is 0 Å². The number of hydrogen-bond acceptors (Lipinski definition) is 4. The number of nitrogens with one attached hydrogen (secondary N) is 2. The van der Waals surface area contributed by atoms with Gasteiger partial charge in [-0.05, 0) is 12.1 Å². The highest BCUT2D eigenvalue weighted by Gasteiger charge is 2.10. The summed E-state index contributed by atoms with van der Waals surface area (Å²) in [4.78, 5) is 25.4. The van der Waals surface area contributed by atoms with Gasteiger partial charge in [0, 0.05) is 30.1 Å². The van der Waals surface area contributed by atoms with E-state index in [1.165, 1.54) is 0 Å². The van der Waals surface area contributed by atoms with E-state index in [1.54, 1.807) is 12.4 Å². The third-order valence-corrected chi connectivity index (χ3v) is 2.73. The van der Waals surface area contributed by atoms with Crippen molar-refractivity contribution in [1.29, 1.82) is 0 Å². The Hall–Kier alpha value is -2.63. The summed E-state index contributed by atoms with van der Waals surface area (Å²) in [5.41, 5.74) is 8.15. The van der Waals surface area contributed by atoms with Crippen molar-refractivity contribution in [2.24, 2.45) is 0 Å². The van der Waals surface area contributed by atoms with E-state index >= 15 is 0 Å². The van der Waals surface area contributed by atoms with E-state index in [0.29, 0.717) is 17.5 Å². The summed E-state index contributed by atoms with van der Waals surface area (Å²) in [5, 5.41) is 0. The quantitative estimate of drug-likeness (QED) is 0.618. The smallest absolute Gasteiger partial charge is 0.276 e. The van der Waals surface area contributed by atoms with Crippen LogP contribution in [0.3, 0.4) is 0 Å². The first-order valence-electron chi connectivity index (χ1n) is 5.49. The van der Waals surface area contributed by atoms with Crippen molar-refractivity contribution in [2.45, 2.75) is 6.42 Å². The van der Waals surface area contributed by atoms with Gasteiger partial charge in [-0.1, -0.05) is 6.07 Å². The first-order valence-corrected chi connectivity index (χ1v) is 5.49. The van der Waals surface area contributed by atoms with Gasteiger partial charge in [0.2, 0.25) is 5.95 Å². The maximum Gasteiger partial charge on any atom is 0.276 e. The average molecular weight is 241 g/mol. The summed E-state index contributed by atoms with van der Waals surface area (Å²) >= 11 is 0. The van der Waals surface area contributed by atoms with Crippen molar-refractivity contribution in [3.05, 3.63) is 52.2 Å². The predicted octanol–water partition coefficient (Wildman–Crippen LogP) is 0.819. The van der Waals surface area contributed by atoms with Crippen molar-refractivity contribution >= 4 is 17.0 Å². The number of nitrogens with zero attached hydrogens (tertiary/aromatic N) is 2. The van der Waals surface area contributed by atoms with E-state index in [1.807, 2.05) is 18.2 Å². The molecule has 0 bridgehead atoms. The average Bonchev–Trinajstić information content (AvgIpc) is 2.74. The minimum atomic E-state index is -0.259. The molecule has 0 spiro atoms. The van der Waals surface area contributed by atoms with Crippen molar-refractivity contribution in [3.8, 4) is 0 Å². The molecule has 0 aromatic carbocycles. The second-order valence-corrected chi connectivity index (χ2v) is 3.99. The minimum absolute atomic E-state index is 0.120. The molecule has 3 aromatic rings. The van der Waals surface area contributed by atoms with Gasteiger partial charge >= 0.3 is 0 Å². The first kappa shape index (κ1) is 10.5. The summed E-state index contributed by atoms with van der Waals surface area (Å²) in [6.45, 7) is 0. The molecule has 0 saturated heterocycles. The first-order chi connectivity index (χ1) is 8.74. The normalized spacial score (nSPS) is 10.9. The molecule has 0 atom stereocenters. The topological polar surface area (TPSA) is 100 Å². The molecule has 6 heteroatoms. The van der Waals surface area contributed by atoms with Crippen LogP contribution in [-0.2, 0) is 6.42 Å². The van der Waals surface area contributed by atoms with Gasteiger partial charge in [-0.2, -0.15) is 0 Å². The minimum Gasteiger partial charge on any atom is -0.369 e. The summed E-state index contributed by atoms with van der Waals surface area (Å²) < 4.78 is 0. The van der Waals surface area contributed by atoms with Gasteiger partial charge in [-0.3, -0.25) is 14.8 Å². The molecular formula is C12H11N5O. The Balaban J connectivity index is 2.11. The van der Waals surface area contributed by atoms with E-state index < -0.39 is 0 Å². The zero-order valence-corrected chi connectivity index (χ0v) is 9.47. The number of pyridine rings is 1. The molecular weight excluding hydrogens is 230 g/mol. The lowest BCUT2D eigenvalue weighted by atomic mass is 10.1. The van der Waals surface area contributed by atoms with E-state index in [2.05, 4.69) is 19.9 Å². The molecule has 0 saturated carbocycles. The molecule has 0 unspecified atom stereocenters. The highest BCUT2D eigenvalue weighted by Crippen LogP contribution is 2.16. The van der Waals surface area contributed by atoms with Gasteiger partial charge in [0.15, 0.2) is 0 Å². The number of nitrogens with two attached hydrogens (primary N) is 1. The number of anilines is 1. The lowest BCUT2D eigenvalue weighted by Gasteiger charge is -1.99. The lowest BCUT2D eigenvalue weighted by molar-refractivity contribution is 1.08. The number of hydrogen-bond donors (Lipinski definition) is 3. The molecule has 3 rings (SSSR count). The Kier molecular flexibility index (Phi) is 2.33. The van der Waals surface area contributed by atoms with Crippen LogP contribution in [0.2, 0.25) is 0 Å². The fourth-order valence-electron chi connectivity index (χ4n) is 1.92. The molecule has 18 heavy (non-hydrogen) atoms. The van der Waals surface area contributed by atoms with Gasteiger partial charge in [-0.25, -0.2) is 4.98 Å². The second kappa shape index (κ2) is 3.99. The van der Waals surface area contributed by atoms with Crippen molar-refractivity contribution in [2.75, 3.05) is 5.73 Å². The summed E-state index contributed by atoms with van der Waals surface area (Å²) in [6.07, 6.45) is 4.11. The monoisotopic (exact) mass is 241 g/mol. The Morgan fingerprint density at radius 2 is 2.22 bits per heavy atom. The van der Waals surface area contributed by atoms with Crippen molar-refractivity contribution in [1.82, 2.24) is 19.9 Å². The van der Waals surface area contributed by atoms with Gasteiger partial charge in [0.25, 0.3) is 5.56 Å². The molecule has 0 aliphatic heterocycles. The Morgan fingerprint density at radius 3 is 3.00 bits per heavy atom. The number of aromatic amines is 2. The molecule has 0 aliphatic carbocycles. The van der Waals surface area contributed by atoms with E-state index in [9.17, 15) is 4.79 Å². The van der Waals surface area contributed by atoms with Crippen LogP contribution in [0.4, 0.5) is 5.95 Å². The van der Waals surface area contributed by atoms with Gasteiger partial charge in [0.05, 0.1) is 0 Å². The van der Waals surface area contributed by atoms with E-state index in [-0.39, 0.29) is 11.5 Å². The van der Waals surface area contributed by atoms with Crippen LogP contribution in [-0.4, -0.2) is 19.9 Å². The molecule has 0 fully saturated rings. The van der Waals surface area contributed by atoms with Crippen molar-refractivity contribution in [3.63, 3.8) is 0 Å². The molecule has 0 radical (unpaired) electrons. The lowest BCUT2D eigenvalue weighted by Crippen LogP contribution is -2.11. The molecule has 3 aromatic heterocycles. The van der Waals surface area contributed by atoms with Gasteiger partial charge in [-0.15, -0.1) is 0 Å². The SMILES string of the molecule is Nc1nc2c(Cc3ccccn3)c[nH]c2c(=O)[nH]1. The number of aromatic nitrogens is 4. The van der Waals surface area contributed by atoms with E-state index in [0.717, 1.165) is 11.3 Å². The Bertz CT molecular complexity index is 744. The highest BCUT2D eigenvalue weighted by molar-refractivity contribution is 5.79.